The molecule has 0 aliphatic rings. The quantitative estimate of drug-likeness (QED) is 0.411. The minimum atomic E-state index is -0.304. The first-order valence-corrected chi connectivity index (χ1v) is 10.4. The summed E-state index contributed by atoms with van der Waals surface area (Å²) in [5.41, 5.74) is 7.09. The van der Waals surface area contributed by atoms with Gasteiger partial charge in [0.25, 0.3) is 5.56 Å². The Labute approximate surface area is 181 Å². The molecule has 0 N–H and O–H groups in total. The molecule has 152 valence electrons. The van der Waals surface area contributed by atoms with Crippen LogP contribution in [0.15, 0.2) is 78.1 Å². The number of pyridine rings is 1. The van der Waals surface area contributed by atoms with E-state index in [4.69, 9.17) is 11.6 Å². The van der Waals surface area contributed by atoms with Crippen molar-refractivity contribution >= 4 is 11.6 Å². The van der Waals surface area contributed by atoms with Gasteiger partial charge >= 0.3 is 0 Å². The number of benzene rings is 2. The van der Waals surface area contributed by atoms with Crippen molar-refractivity contribution < 1.29 is 0 Å². The molecule has 1 atom stereocenters. The van der Waals surface area contributed by atoms with Crippen molar-refractivity contribution in [3.63, 3.8) is 0 Å². The van der Waals surface area contributed by atoms with Crippen molar-refractivity contribution in [3.05, 3.63) is 117 Å². The molecule has 4 nitrogen and oxygen atoms in total. The van der Waals surface area contributed by atoms with Crippen molar-refractivity contribution in [2.75, 3.05) is 0 Å². The van der Waals surface area contributed by atoms with E-state index in [2.05, 4.69) is 24.0 Å². The zero-order valence-corrected chi connectivity index (χ0v) is 18.1. The van der Waals surface area contributed by atoms with Gasteiger partial charge in [-0.25, -0.2) is 4.98 Å². The lowest BCUT2D eigenvalue weighted by atomic mass is 10.1. The van der Waals surface area contributed by atoms with Gasteiger partial charge in [0.05, 0.1) is 12.0 Å². The first-order valence-electron chi connectivity index (χ1n) is 9.92. The molecule has 0 saturated heterocycles. The fourth-order valence-electron chi connectivity index (χ4n) is 3.51. The van der Waals surface area contributed by atoms with Crippen LogP contribution in [0.1, 0.15) is 38.9 Å². The summed E-state index contributed by atoms with van der Waals surface area (Å²) in [6.07, 6.45) is 5.46. The summed E-state index contributed by atoms with van der Waals surface area (Å²) in [7, 11) is 0. The Kier molecular flexibility index (Phi) is 5.60. The van der Waals surface area contributed by atoms with Crippen LogP contribution in [-0.2, 0) is 6.54 Å². The number of imidazole rings is 1. The van der Waals surface area contributed by atoms with Gasteiger partial charge < -0.3 is 4.57 Å². The molecular formula is C25H24ClN3O. The van der Waals surface area contributed by atoms with E-state index in [1.54, 1.807) is 23.2 Å². The molecule has 2 aromatic heterocycles. The van der Waals surface area contributed by atoms with E-state index in [0.717, 1.165) is 33.6 Å². The lowest BCUT2D eigenvalue weighted by Gasteiger charge is -2.16. The third-order valence-electron chi connectivity index (χ3n) is 5.39. The summed E-state index contributed by atoms with van der Waals surface area (Å²) in [4.78, 5) is 17.1. The molecule has 0 bridgehead atoms. The summed E-state index contributed by atoms with van der Waals surface area (Å²) >= 11 is 6.76. The van der Waals surface area contributed by atoms with Gasteiger partial charge in [0.2, 0.25) is 0 Å². The van der Waals surface area contributed by atoms with Crippen molar-refractivity contribution in [2.24, 2.45) is 0 Å². The Bertz CT molecular complexity index is 1220. The maximum atomic E-state index is 12.8. The van der Waals surface area contributed by atoms with E-state index >= 15 is 0 Å². The molecule has 0 aliphatic heterocycles. The smallest absolute Gasteiger partial charge is 0.255 e. The van der Waals surface area contributed by atoms with Crippen LogP contribution in [0.25, 0.3) is 5.69 Å². The lowest BCUT2D eigenvalue weighted by Crippen LogP contribution is -2.20. The van der Waals surface area contributed by atoms with E-state index in [-0.39, 0.29) is 10.9 Å². The minimum Gasteiger partial charge on any atom is -0.328 e. The number of rotatable bonds is 5. The summed E-state index contributed by atoms with van der Waals surface area (Å²) in [6, 6.07) is 17.8. The van der Waals surface area contributed by atoms with E-state index in [1.807, 2.05) is 61.0 Å². The van der Waals surface area contributed by atoms with E-state index in [0.29, 0.717) is 6.54 Å². The van der Waals surface area contributed by atoms with Crippen LogP contribution < -0.4 is 5.56 Å². The first kappa shape index (κ1) is 20.2. The predicted octanol–water partition coefficient (Wildman–Crippen LogP) is 5.34. The molecule has 0 amide bonds. The Morgan fingerprint density at radius 3 is 2.27 bits per heavy atom. The highest BCUT2D eigenvalue weighted by Gasteiger charge is 2.16. The van der Waals surface area contributed by atoms with Crippen LogP contribution >= 0.6 is 11.6 Å². The van der Waals surface area contributed by atoms with Gasteiger partial charge in [0, 0.05) is 30.7 Å². The Morgan fingerprint density at radius 1 is 0.967 bits per heavy atom. The molecular weight excluding hydrogens is 394 g/mol. The normalized spacial score (nSPS) is 12.1. The van der Waals surface area contributed by atoms with E-state index in [1.165, 1.54) is 5.56 Å². The third kappa shape index (κ3) is 4.10. The fourth-order valence-corrected chi connectivity index (χ4v) is 3.84. The average molecular weight is 418 g/mol. The molecule has 2 heterocycles. The van der Waals surface area contributed by atoms with Crippen LogP contribution in [0.5, 0.6) is 0 Å². The van der Waals surface area contributed by atoms with Crippen LogP contribution in [0.2, 0.25) is 0 Å². The van der Waals surface area contributed by atoms with Crippen LogP contribution in [0.4, 0.5) is 0 Å². The Balaban J connectivity index is 1.63. The molecule has 0 aliphatic carbocycles. The molecule has 1 unspecified atom stereocenters. The summed E-state index contributed by atoms with van der Waals surface area (Å²) in [5.74, 6) is 0. The molecule has 2 aromatic carbocycles. The lowest BCUT2D eigenvalue weighted by molar-refractivity contribution is 0.738. The number of aromatic nitrogens is 3. The van der Waals surface area contributed by atoms with Crippen molar-refractivity contribution in [1.82, 2.24) is 14.1 Å². The van der Waals surface area contributed by atoms with Crippen LogP contribution in [0, 0.1) is 20.8 Å². The third-order valence-corrected chi connectivity index (χ3v) is 5.87. The fraction of sp³-hybridized carbons (Fsp3) is 0.200. The monoisotopic (exact) mass is 417 g/mol. The molecule has 0 saturated carbocycles. The average Bonchev–Trinajstić information content (AvgIpc) is 3.19. The van der Waals surface area contributed by atoms with Crippen LogP contribution in [0.3, 0.4) is 0 Å². The summed E-state index contributed by atoms with van der Waals surface area (Å²) < 4.78 is 3.69. The van der Waals surface area contributed by atoms with Crippen molar-refractivity contribution in [3.8, 4) is 5.69 Å². The van der Waals surface area contributed by atoms with Gasteiger partial charge in [0.15, 0.2) is 0 Å². The number of hydrogen-bond acceptors (Lipinski definition) is 2. The number of nitrogens with zero attached hydrogens (tertiary/aromatic N) is 3. The van der Waals surface area contributed by atoms with Gasteiger partial charge in [-0.05, 0) is 49.6 Å². The maximum Gasteiger partial charge on any atom is 0.255 e. The second-order valence-electron chi connectivity index (χ2n) is 7.75. The first-order chi connectivity index (χ1) is 14.4. The van der Waals surface area contributed by atoms with E-state index in [9.17, 15) is 4.79 Å². The molecule has 4 aromatic rings. The number of halogens is 1. The Morgan fingerprint density at radius 2 is 1.60 bits per heavy atom. The van der Waals surface area contributed by atoms with Gasteiger partial charge in [-0.15, -0.1) is 11.6 Å². The molecule has 5 heteroatoms. The number of hydrogen-bond donors (Lipinski definition) is 0. The summed E-state index contributed by atoms with van der Waals surface area (Å²) in [5, 5.41) is -0.304. The van der Waals surface area contributed by atoms with Crippen molar-refractivity contribution in [1.29, 1.82) is 0 Å². The zero-order valence-electron chi connectivity index (χ0n) is 17.3. The minimum absolute atomic E-state index is 0.0536. The second kappa shape index (κ2) is 8.33. The topological polar surface area (TPSA) is 39.8 Å². The molecule has 0 fully saturated rings. The molecule has 30 heavy (non-hydrogen) atoms. The SMILES string of the molecule is Cc1ccc(C(Cl)c2cncn2Cc2cc(=O)n(-c3ccc(C)cc3)cc2C)cc1. The summed E-state index contributed by atoms with van der Waals surface area (Å²) in [6.45, 7) is 6.65. The Hall–Kier alpha value is -3.11. The van der Waals surface area contributed by atoms with Gasteiger partial charge in [0.1, 0.15) is 5.38 Å². The predicted molar refractivity (Wildman–Crippen MR) is 122 cm³/mol. The standard InChI is InChI=1S/C25H24ClN3O/c1-17-4-8-20(9-5-17)25(26)23-13-27-16-28(23)15-21-12-24(30)29(14-19(21)3)22-10-6-18(2)7-11-22/h4-14,16,25H,15H2,1-3H3. The van der Waals surface area contributed by atoms with Crippen molar-refractivity contribution in [2.45, 2.75) is 32.7 Å². The van der Waals surface area contributed by atoms with Crippen LogP contribution in [-0.4, -0.2) is 14.1 Å². The highest BCUT2D eigenvalue weighted by Crippen LogP contribution is 2.29. The molecule has 0 spiro atoms. The highest BCUT2D eigenvalue weighted by molar-refractivity contribution is 6.22. The maximum absolute atomic E-state index is 12.8. The highest BCUT2D eigenvalue weighted by atomic mass is 35.5. The largest absolute Gasteiger partial charge is 0.328 e. The zero-order chi connectivity index (χ0) is 21.3. The van der Waals surface area contributed by atoms with Gasteiger partial charge in [-0.3, -0.25) is 9.36 Å². The second-order valence-corrected chi connectivity index (χ2v) is 8.18. The molecule has 0 radical (unpaired) electrons. The van der Waals surface area contributed by atoms with Gasteiger partial charge in [-0.1, -0.05) is 47.5 Å². The number of aryl methyl sites for hydroxylation is 3. The number of alkyl halides is 1. The van der Waals surface area contributed by atoms with Gasteiger partial charge in [-0.2, -0.15) is 0 Å². The van der Waals surface area contributed by atoms with E-state index < -0.39 is 0 Å². The molecule has 4 rings (SSSR count).